The van der Waals surface area contributed by atoms with Crippen molar-refractivity contribution in [1.82, 2.24) is 10.2 Å². The molecule has 0 bridgehead atoms. The number of piperidine rings is 1. The van der Waals surface area contributed by atoms with Crippen LogP contribution in [0.2, 0.25) is 0 Å². The Hall–Kier alpha value is -1.55. The maximum atomic E-state index is 12.1. The van der Waals surface area contributed by atoms with Crippen LogP contribution in [0.1, 0.15) is 36.0 Å². The standard InChI is InChI=1S/C15H20N2O2/c18-14-5-3-11(4-6-14)15(19)16-12-7-9-17-8-1-2-13(17)10-12/h3-6,12-13,18H,1-2,7-10H2,(H,16,19). The minimum absolute atomic E-state index is 0.0311. The molecule has 3 rings (SSSR count). The van der Waals surface area contributed by atoms with Gasteiger partial charge in [0.05, 0.1) is 0 Å². The topological polar surface area (TPSA) is 52.6 Å². The number of nitrogens with zero attached hydrogens (tertiary/aromatic N) is 1. The molecular formula is C15H20N2O2. The van der Waals surface area contributed by atoms with Crippen LogP contribution in [0, 0.1) is 0 Å². The third-order valence-corrected chi connectivity index (χ3v) is 4.29. The van der Waals surface area contributed by atoms with Crippen molar-refractivity contribution >= 4 is 5.91 Å². The summed E-state index contributed by atoms with van der Waals surface area (Å²) in [6, 6.07) is 7.38. The van der Waals surface area contributed by atoms with Crippen molar-refractivity contribution in [3.63, 3.8) is 0 Å². The van der Waals surface area contributed by atoms with Crippen LogP contribution in [0.5, 0.6) is 5.75 Å². The second-order valence-corrected chi connectivity index (χ2v) is 5.57. The molecule has 1 aromatic carbocycles. The van der Waals surface area contributed by atoms with Crippen LogP contribution in [0.15, 0.2) is 24.3 Å². The van der Waals surface area contributed by atoms with Crippen molar-refractivity contribution in [3.05, 3.63) is 29.8 Å². The highest BCUT2D eigenvalue weighted by molar-refractivity contribution is 5.94. The zero-order valence-corrected chi connectivity index (χ0v) is 11.0. The smallest absolute Gasteiger partial charge is 0.251 e. The molecule has 2 fully saturated rings. The van der Waals surface area contributed by atoms with Crippen LogP contribution in [0.4, 0.5) is 0 Å². The summed E-state index contributed by atoms with van der Waals surface area (Å²) in [6.07, 6.45) is 4.68. The first-order chi connectivity index (χ1) is 9.22. The molecule has 0 saturated carbocycles. The third-order valence-electron chi connectivity index (χ3n) is 4.29. The number of nitrogens with one attached hydrogen (secondary N) is 1. The first kappa shape index (κ1) is 12.5. The molecule has 102 valence electrons. The van der Waals surface area contributed by atoms with Gasteiger partial charge in [0.15, 0.2) is 0 Å². The highest BCUT2D eigenvalue weighted by Gasteiger charge is 2.32. The number of hydrogen-bond acceptors (Lipinski definition) is 3. The quantitative estimate of drug-likeness (QED) is 0.851. The zero-order valence-electron chi connectivity index (χ0n) is 11.0. The van der Waals surface area contributed by atoms with Crippen molar-refractivity contribution in [3.8, 4) is 5.75 Å². The Kier molecular flexibility index (Phi) is 3.42. The van der Waals surface area contributed by atoms with E-state index in [1.807, 2.05) is 0 Å². The molecular weight excluding hydrogens is 240 g/mol. The van der Waals surface area contributed by atoms with Gasteiger partial charge in [-0.05, 0) is 56.5 Å². The van der Waals surface area contributed by atoms with Gasteiger partial charge in [-0.15, -0.1) is 0 Å². The van der Waals surface area contributed by atoms with E-state index in [4.69, 9.17) is 0 Å². The van der Waals surface area contributed by atoms with Gasteiger partial charge in [0.2, 0.25) is 0 Å². The molecule has 2 aliphatic rings. The van der Waals surface area contributed by atoms with E-state index in [0.717, 1.165) is 19.4 Å². The van der Waals surface area contributed by atoms with Crippen LogP contribution < -0.4 is 5.32 Å². The molecule has 4 nitrogen and oxygen atoms in total. The monoisotopic (exact) mass is 260 g/mol. The Morgan fingerprint density at radius 3 is 2.79 bits per heavy atom. The number of aromatic hydroxyl groups is 1. The van der Waals surface area contributed by atoms with Gasteiger partial charge in [0.1, 0.15) is 5.75 Å². The Balaban J connectivity index is 1.59. The number of carbonyl (C=O) groups is 1. The molecule has 4 heteroatoms. The minimum atomic E-state index is -0.0311. The molecule has 2 saturated heterocycles. The van der Waals surface area contributed by atoms with Gasteiger partial charge >= 0.3 is 0 Å². The molecule has 2 heterocycles. The number of hydrogen-bond donors (Lipinski definition) is 2. The molecule has 2 unspecified atom stereocenters. The van der Waals surface area contributed by atoms with E-state index >= 15 is 0 Å². The summed E-state index contributed by atoms with van der Waals surface area (Å²) in [5.41, 5.74) is 0.617. The Labute approximate surface area is 113 Å². The van der Waals surface area contributed by atoms with E-state index in [0.29, 0.717) is 17.6 Å². The lowest BCUT2D eigenvalue weighted by Gasteiger charge is -2.35. The second-order valence-electron chi connectivity index (χ2n) is 5.57. The minimum Gasteiger partial charge on any atom is -0.508 e. The fourth-order valence-electron chi connectivity index (χ4n) is 3.24. The van der Waals surface area contributed by atoms with Gasteiger partial charge in [0, 0.05) is 24.2 Å². The van der Waals surface area contributed by atoms with Gasteiger partial charge in [-0.1, -0.05) is 0 Å². The van der Waals surface area contributed by atoms with Crippen LogP contribution in [-0.2, 0) is 0 Å². The largest absolute Gasteiger partial charge is 0.508 e. The van der Waals surface area contributed by atoms with Crippen molar-refractivity contribution < 1.29 is 9.90 Å². The zero-order chi connectivity index (χ0) is 13.2. The van der Waals surface area contributed by atoms with Crippen molar-refractivity contribution in [2.75, 3.05) is 13.1 Å². The molecule has 2 aliphatic heterocycles. The van der Waals surface area contributed by atoms with Gasteiger partial charge < -0.3 is 15.3 Å². The molecule has 0 aliphatic carbocycles. The lowest BCUT2D eigenvalue weighted by molar-refractivity contribution is 0.0896. The summed E-state index contributed by atoms with van der Waals surface area (Å²) in [5, 5.41) is 12.3. The molecule has 2 atom stereocenters. The van der Waals surface area contributed by atoms with Crippen LogP contribution in [-0.4, -0.2) is 41.1 Å². The predicted molar refractivity (Wildman–Crippen MR) is 73.2 cm³/mol. The normalized spacial score (nSPS) is 26.9. The summed E-state index contributed by atoms with van der Waals surface area (Å²) >= 11 is 0. The SMILES string of the molecule is O=C(NC1CCN2CCCC2C1)c1ccc(O)cc1. The van der Waals surface area contributed by atoms with Gasteiger partial charge in [-0.3, -0.25) is 4.79 Å². The second kappa shape index (κ2) is 5.21. The van der Waals surface area contributed by atoms with E-state index in [2.05, 4.69) is 10.2 Å². The van der Waals surface area contributed by atoms with Crippen LogP contribution >= 0.6 is 0 Å². The highest BCUT2D eigenvalue weighted by atomic mass is 16.3. The van der Waals surface area contributed by atoms with Crippen LogP contribution in [0.25, 0.3) is 0 Å². The average molecular weight is 260 g/mol. The van der Waals surface area contributed by atoms with E-state index in [-0.39, 0.29) is 11.7 Å². The summed E-state index contributed by atoms with van der Waals surface area (Å²) in [6.45, 7) is 2.33. The number of rotatable bonds is 2. The molecule has 1 aromatic rings. The summed E-state index contributed by atoms with van der Waals surface area (Å²) in [7, 11) is 0. The third kappa shape index (κ3) is 2.73. The Morgan fingerprint density at radius 2 is 2.00 bits per heavy atom. The first-order valence-corrected chi connectivity index (χ1v) is 7.06. The molecule has 0 radical (unpaired) electrons. The molecule has 1 amide bonds. The van der Waals surface area contributed by atoms with E-state index in [1.165, 1.54) is 19.4 Å². The Bertz CT molecular complexity index is 458. The molecule has 0 aromatic heterocycles. The van der Waals surface area contributed by atoms with E-state index < -0.39 is 0 Å². The number of amides is 1. The maximum absolute atomic E-state index is 12.1. The predicted octanol–water partition coefficient (Wildman–Crippen LogP) is 1.75. The summed E-state index contributed by atoms with van der Waals surface area (Å²) in [5.74, 6) is 0.160. The average Bonchev–Trinajstić information content (AvgIpc) is 2.87. The highest BCUT2D eigenvalue weighted by Crippen LogP contribution is 2.27. The van der Waals surface area contributed by atoms with Crippen molar-refractivity contribution in [2.24, 2.45) is 0 Å². The van der Waals surface area contributed by atoms with E-state index in [1.54, 1.807) is 24.3 Å². The van der Waals surface area contributed by atoms with Gasteiger partial charge in [-0.2, -0.15) is 0 Å². The van der Waals surface area contributed by atoms with Crippen LogP contribution in [0.3, 0.4) is 0 Å². The number of phenolic OH excluding ortho intramolecular Hbond substituents is 1. The lowest BCUT2D eigenvalue weighted by Crippen LogP contribution is -2.47. The molecule has 2 N–H and O–H groups in total. The van der Waals surface area contributed by atoms with Crippen molar-refractivity contribution in [1.29, 1.82) is 0 Å². The number of phenols is 1. The first-order valence-electron chi connectivity index (χ1n) is 7.06. The number of fused-ring (bicyclic) bond motifs is 1. The number of benzene rings is 1. The van der Waals surface area contributed by atoms with Gasteiger partial charge in [-0.25, -0.2) is 0 Å². The Morgan fingerprint density at radius 1 is 1.21 bits per heavy atom. The van der Waals surface area contributed by atoms with E-state index in [9.17, 15) is 9.90 Å². The number of carbonyl (C=O) groups excluding carboxylic acids is 1. The van der Waals surface area contributed by atoms with Gasteiger partial charge in [0.25, 0.3) is 5.91 Å². The van der Waals surface area contributed by atoms with Crippen molar-refractivity contribution in [2.45, 2.75) is 37.8 Å². The lowest BCUT2D eigenvalue weighted by atomic mass is 9.97. The fraction of sp³-hybridized carbons (Fsp3) is 0.533. The summed E-state index contributed by atoms with van der Waals surface area (Å²) in [4.78, 5) is 14.7. The molecule has 0 spiro atoms. The maximum Gasteiger partial charge on any atom is 0.251 e. The molecule has 19 heavy (non-hydrogen) atoms. The fourth-order valence-corrected chi connectivity index (χ4v) is 3.24. The summed E-state index contributed by atoms with van der Waals surface area (Å²) < 4.78 is 0.